The van der Waals surface area contributed by atoms with E-state index >= 15 is 0 Å². The summed E-state index contributed by atoms with van der Waals surface area (Å²) < 4.78 is 0.762. The molecule has 1 aliphatic heterocycles. The van der Waals surface area contributed by atoms with E-state index in [1.807, 2.05) is 37.1 Å². The number of hydrogen-bond donors (Lipinski definition) is 1. The topological polar surface area (TPSA) is 49.0 Å². The first-order chi connectivity index (χ1) is 9.54. The van der Waals surface area contributed by atoms with Crippen molar-refractivity contribution in [1.29, 1.82) is 0 Å². The zero-order valence-corrected chi connectivity index (χ0v) is 13.0. The van der Waals surface area contributed by atoms with E-state index in [9.17, 15) is 4.79 Å². The van der Waals surface area contributed by atoms with Gasteiger partial charge in [0.1, 0.15) is 5.82 Å². The van der Waals surface area contributed by atoms with Crippen LogP contribution < -0.4 is 0 Å². The maximum absolute atomic E-state index is 11.9. The standard InChI is InChI=1S/C14H16ClN3OS/c1-8(2)18-7-9(5-13(18)19)14-16-6-10(17-14)11-3-4-12(15)20-11/h3-4,6,8-9H,5,7H2,1-2H3,(H,16,17). The highest BCUT2D eigenvalue weighted by Gasteiger charge is 2.33. The lowest BCUT2D eigenvalue weighted by molar-refractivity contribution is -0.129. The van der Waals surface area contributed by atoms with E-state index in [-0.39, 0.29) is 17.9 Å². The summed E-state index contributed by atoms with van der Waals surface area (Å²) >= 11 is 7.47. The van der Waals surface area contributed by atoms with E-state index in [0.29, 0.717) is 6.42 Å². The molecule has 2 aromatic heterocycles. The summed E-state index contributed by atoms with van der Waals surface area (Å²) in [6, 6.07) is 4.10. The lowest BCUT2D eigenvalue weighted by Crippen LogP contribution is -2.31. The molecule has 3 rings (SSSR count). The third-order valence-corrected chi connectivity index (χ3v) is 4.87. The molecule has 4 nitrogen and oxygen atoms in total. The number of rotatable bonds is 3. The molecular formula is C14H16ClN3OS. The van der Waals surface area contributed by atoms with Crippen molar-refractivity contribution >= 4 is 28.8 Å². The molecule has 0 radical (unpaired) electrons. The summed E-state index contributed by atoms with van der Waals surface area (Å²) in [6.07, 6.45) is 2.36. The Labute approximate surface area is 126 Å². The van der Waals surface area contributed by atoms with Crippen LogP contribution in [0.3, 0.4) is 0 Å². The number of H-pyrrole nitrogens is 1. The van der Waals surface area contributed by atoms with Gasteiger partial charge in [-0.15, -0.1) is 11.3 Å². The maximum Gasteiger partial charge on any atom is 0.223 e. The van der Waals surface area contributed by atoms with Crippen LogP contribution in [0.5, 0.6) is 0 Å². The van der Waals surface area contributed by atoms with Gasteiger partial charge in [0.05, 0.1) is 21.1 Å². The van der Waals surface area contributed by atoms with Gasteiger partial charge in [-0.05, 0) is 26.0 Å². The van der Waals surface area contributed by atoms with Gasteiger partial charge >= 0.3 is 0 Å². The molecule has 3 heterocycles. The van der Waals surface area contributed by atoms with Crippen molar-refractivity contribution in [2.24, 2.45) is 0 Å². The second-order valence-corrected chi connectivity index (χ2v) is 7.04. The van der Waals surface area contributed by atoms with E-state index in [1.165, 1.54) is 11.3 Å². The Balaban J connectivity index is 1.80. The van der Waals surface area contributed by atoms with E-state index in [2.05, 4.69) is 9.97 Å². The Bertz CT molecular complexity index is 634. The first kappa shape index (κ1) is 13.6. The average Bonchev–Trinajstić information content (AvgIpc) is 3.06. The Hall–Kier alpha value is -1.33. The molecule has 1 amide bonds. The second kappa shape index (κ2) is 5.22. The van der Waals surface area contributed by atoms with Gasteiger partial charge in [0.2, 0.25) is 5.91 Å². The molecule has 20 heavy (non-hydrogen) atoms. The van der Waals surface area contributed by atoms with Crippen molar-refractivity contribution in [2.75, 3.05) is 6.54 Å². The van der Waals surface area contributed by atoms with Crippen molar-refractivity contribution in [2.45, 2.75) is 32.2 Å². The second-order valence-electron chi connectivity index (χ2n) is 5.33. The van der Waals surface area contributed by atoms with Crippen LogP contribution in [-0.4, -0.2) is 33.4 Å². The number of likely N-dealkylation sites (tertiary alicyclic amines) is 1. The van der Waals surface area contributed by atoms with E-state index in [0.717, 1.165) is 27.3 Å². The number of carbonyl (C=O) groups excluding carboxylic acids is 1. The first-order valence-corrected chi connectivity index (χ1v) is 7.84. The summed E-state index contributed by atoms with van der Waals surface area (Å²) in [6.45, 7) is 4.83. The minimum atomic E-state index is 0.161. The number of thiophene rings is 1. The summed E-state index contributed by atoms with van der Waals surface area (Å²) in [5.74, 6) is 1.26. The molecule has 1 fully saturated rings. The maximum atomic E-state index is 11.9. The molecule has 1 aliphatic rings. The molecule has 0 spiro atoms. The fourth-order valence-electron chi connectivity index (χ4n) is 2.54. The smallest absolute Gasteiger partial charge is 0.223 e. The van der Waals surface area contributed by atoms with Crippen LogP contribution in [0.4, 0.5) is 0 Å². The van der Waals surface area contributed by atoms with Crippen LogP contribution in [0, 0.1) is 0 Å². The molecule has 0 saturated carbocycles. The third-order valence-electron chi connectivity index (χ3n) is 3.60. The highest BCUT2D eigenvalue weighted by Crippen LogP contribution is 2.32. The molecule has 0 bridgehead atoms. The van der Waals surface area contributed by atoms with Crippen molar-refractivity contribution in [3.63, 3.8) is 0 Å². The number of aromatic amines is 1. The number of amides is 1. The minimum absolute atomic E-state index is 0.161. The van der Waals surface area contributed by atoms with Crippen LogP contribution in [0.15, 0.2) is 18.3 Å². The number of hydrogen-bond acceptors (Lipinski definition) is 3. The SMILES string of the molecule is CC(C)N1CC(c2ncc(-c3ccc(Cl)s3)[nH]2)CC1=O. The number of carbonyl (C=O) groups is 1. The largest absolute Gasteiger partial charge is 0.341 e. The Kier molecular flexibility index (Phi) is 3.56. The summed E-state index contributed by atoms with van der Waals surface area (Å²) in [7, 11) is 0. The molecule has 6 heteroatoms. The van der Waals surface area contributed by atoms with Crippen LogP contribution in [0.25, 0.3) is 10.6 Å². The van der Waals surface area contributed by atoms with Crippen molar-refractivity contribution in [3.8, 4) is 10.6 Å². The monoisotopic (exact) mass is 309 g/mol. The fraction of sp³-hybridized carbons (Fsp3) is 0.429. The predicted molar refractivity (Wildman–Crippen MR) is 81.1 cm³/mol. The number of nitrogens with zero attached hydrogens (tertiary/aromatic N) is 2. The van der Waals surface area contributed by atoms with Gasteiger partial charge in [-0.2, -0.15) is 0 Å². The zero-order chi connectivity index (χ0) is 14.3. The molecule has 106 valence electrons. The molecule has 2 aromatic rings. The van der Waals surface area contributed by atoms with Crippen molar-refractivity contribution in [3.05, 3.63) is 28.5 Å². The third kappa shape index (κ3) is 2.47. The lowest BCUT2D eigenvalue weighted by Gasteiger charge is -2.20. The number of aromatic nitrogens is 2. The highest BCUT2D eigenvalue weighted by molar-refractivity contribution is 7.19. The summed E-state index contributed by atoms with van der Waals surface area (Å²) in [5, 5.41) is 0. The average molecular weight is 310 g/mol. The predicted octanol–water partition coefficient (Wildman–Crippen LogP) is 3.52. The van der Waals surface area contributed by atoms with E-state index < -0.39 is 0 Å². The van der Waals surface area contributed by atoms with Gasteiger partial charge in [0, 0.05) is 24.9 Å². The molecule has 1 unspecified atom stereocenters. The Morgan fingerprint density at radius 3 is 2.90 bits per heavy atom. The quantitative estimate of drug-likeness (QED) is 0.943. The zero-order valence-electron chi connectivity index (χ0n) is 11.4. The molecule has 1 N–H and O–H groups in total. The number of nitrogens with one attached hydrogen (secondary N) is 1. The van der Waals surface area contributed by atoms with Gasteiger partial charge in [-0.25, -0.2) is 4.98 Å². The van der Waals surface area contributed by atoms with Crippen LogP contribution in [0.1, 0.15) is 32.0 Å². The normalized spacial score (nSPS) is 19.3. The van der Waals surface area contributed by atoms with Gasteiger partial charge in [-0.3, -0.25) is 4.79 Å². The molecule has 0 aliphatic carbocycles. The summed E-state index contributed by atoms with van der Waals surface area (Å²) in [4.78, 5) is 22.7. The van der Waals surface area contributed by atoms with Crippen molar-refractivity contribution in [1.82, 2.24) is 14.9 Å². The lowest BCUT2D eigenvalue weighted by atomic mass is 10.1. The molecular weight excluding hydrogens is 294 g/mol. The van der Waals surface area contributed by atoms with Gasteiger partial charge < -0.3 is 9.88 Å². The van der Waals surface area contributed by atoms with Gasteiger partial charge in [0.25, 0.3) is 0 Å². The van der Waals surface area contributed by atoms with Crippen LogP contribution in [0.2, 0.25) is 4.34 Å². The fourth-order valence-corrected chi connectivity index (χ4v) is 3.55. The first-order valence-electron chi connectivity index (χ1n) is 6.64. The van der Waals surface area contributed by atoms with Crippen LogP contribution in [-0.2, 0) is 4.79 Å². The molecule has 0 aromatic carbocycles. The number of imidazole rings is 1. The highest BCUT2D eigenvalue weighted by atomic mass is 35.5. The van der Waals surface area contributed by atoms with E-state index in [4.69, 9.17) is 11.6 Å². The Morgan fingerprint density at radius 1 is 1.50 bits per heavy atom. The molecule has 1 saturated heterocycles. The van der Waals surface area contributed by atoms with Gasteiger partial charge in [0.15, 0.2) is 0 Å². The van der Waals surface area contributed by atoms with Crippen LogP contribution >= 0.6 is 22.9 Å². The minimum Gasteiger partial charge on any atom is -0.341 e. The van der Waals surface area contributed by atoms with Gasteiger partial charge in [-0.1, -0.05) is 11.6 Å². The summed E-state index contributed by atoms with van der Waals surface area (Å²) in [5.41, 5.74) is 0.965. The Morgan fingerprint density at radius 2 is 2.30 bits per heavy atom. The van der Waals surface area contributed by atoms with Crippen molar-refractivity contribution < 1.29 is 4.79 Å². The van der Waals surface area contributed by atoms with E-state index in [1.54, 1.807) is 0 Å². The number of halogens is 1. The molecule has 1 atom stereocenters.